The maximum Gasteiger partial charge on any atom is 0.266 e. The smallest absolute Gasteiger partial charge is 0.266 e. The van der Waals surface area contributed by atoms with Gasteiger partial charge in [0.2, 0.25) is 5.91 Å². The monoisotopic (exact) mass is 471 g/mol. The fraction of sp³-hybridized carbons (Fsp3) is 0.286. The lowest BCUT2D eigenvalue weighted by molar-refractivity contribution is -0.126. The van der Waals surface area contributed by atoms with E-state index in [0.717, 1.165) is 22.5 Å². The third kappa shape index (κ3) is 3.91. The summed E-state index contributed by atoms with van der Waals surface area (Å²) >= 11 is 0. The number of carbonyl (C=O) groups excluding carboxylic acids is 2. The lowest BCUT2D eigenvalue weighted by atomic mass is 9.90. The van der Waals surface area contributed by atoms with Crippen molar-refractivity contribution in [3.8, 4) is 5.75 Å². The molecule has 3 unspecified atom stereocenters. The molecule has 0 N–H and O–H groups in total. The normalized spacial score (nSPS) is 21.4. The third-order valence-electron chi connectivity index (χ3n) is 6.63. The predicted octanol–water partition coefficient (Wildman–Crippen LogP) is 4.51. The standard InChI is InChI=1S/C28H29N3O4/c1-5-34-22-16-14-21(15-17-22)30-27(32)24-25(19-10-12-20(13-11-19)29(3)4)31(35-26(24)28(30)33)23-9-7-6-8-18(23)2/h6-17,24-26H,5H2,1-4H3. The van der Waals surface area contributed by atoms with E-state index >= 15 is 0 Å². The number of ether oxygens (including phenoxy) is 1. The Hall–Kier alpha value is -3.84. The summed E-state index contributed by atoms with van der Waals surface area (Å²) < 4.78 is 5.50. The molecule has 35 heavy (non-hydrogen) atoms. The van der Waals surface area contributed by atoms with Gasteiger partial charge in [-0.2, -0.15) is 0 Å². The van der Waals surface area contributed by atoms with E-state index in [1.165, 1.54) is 4.90 Å². The summed E-state index contributed by atoms with van der Waals surface area (Å²) in [6.45, 7) is 4.45. The Morgan fingerprint density at radius 3 is 2.23 bits per heavy atom. The highest BCUT2D eigenvalue weighted by Crippen LogP contribution is 2.48. The Bertz CT molecular complexity index is 1240. The van der Waals surface area contributed by atoms with Gasteiger partial charge in [-0.15, -0.1) is 0 Å². The maximum atomic E-state index is 13.8. The first-order chi connectivity index (χ1) is 16.9. The van der Waals surface area contributed by atoms with Crippen LogP contribution in [0.5, 0.6) is 5.75 Å². The van der Waals surface area contributed by atoms with E-state index in [4.69, 9.17) is 9.57 Å². The molecule has 0 aromatic heterocycles. The summed E-state index contributed by atoms with van der Waals surface area (Å²) in [6.07, 6.45) is -0.896. The molecule has 7 heteroatoms. The van der Waals surface area contributed by atoms with Gasteiger partial charge in [0.25, 0.3) is 5.91 Å². The Labute approximate surface area is 205 Å². The van der Waals surface area contributed by atoms with E-state index in [1.807, 2.05) is 81.4 Å². The second kappa shape index (κ2) is 9.07. The van der Waals surface area contributed by atoms with E-state index < -0.39 is 18.1 Å². The van der Waals surface area contributed by atoms with Gasteiger partial charge >= 0.3 is 0 Å². The number of benzene rings is 3. The average Bonchev–Trinajstić information content (AvgIpc) is 3.36. The number of imide groups is 1. The minimum absolute atomic E-state index is 0.262. The van der Waals surface area contributed by atoms with Crippen LogP contribution in [0, 0.1) is 12.8 Å². The number of nitrogens with zero attached hydrogens (tertiary/aromatic N) is 3. The van der Waals surface area contributed by atoms with Crippen LogP contribution in [0.2, 0.25) is 0 Å². The molecule has 0 saturated carbocycles. The molecular formula is C28H29N3O4. The summed E-state index contributed by atoms with van der Waals surface area (Å²) in [5.74, 6) is -0.590. The van der Waals surface area contributed by atoms with Gasteiger partial charge in [0.15, 0.2) is 6.10 Å². The summed E-state index contributed by atoms with van der Waals surface area (Å²) in [5.41, 5.74) is 4.34. The van der Waals surface area contributed by atoms with E-state index in [9.17, 15) is 9.59 Å². The second-order valence-corrected chi connectivity index (χ2v) is 9.03. The van der Waals surface area contributed by atoms with Crippen molar-refractivity contribution in [3.05, 3.63) is 83.9 Å². The first-order valence-electron chi connectivity index (χ1n) is 11.8. The molecule has 2 heterocycles. The first-order valence-corrected chi connectivity index (χ1v) is 11.8. The van der Waals surface area contributed by atoms with Gasteiger partial charge in [-0.25, -0.2) is 9.96 Å². The number of carbonyl (C=O) groups is 2. The molecule has 2 amide bonds. The quantitative estimate of drug-likeness (QED) is 0.493. The van der Waals surface area contributed by atoms with E-state index in [1.54, 1.807) is 29.3 Å². The molecule has 3 atom stereocenters. The van der Waals surface area contributed by atoms with Crippen LogP contribution in [0.3, 0.4) is 0 Å². The van der Waals surface area contributed by atoms with Crippen molar-refractivity contribution in [1.29, 1.82) is 0 Å². The molecule has 180 valence electrons. The molecule has 2 saturated heterocycles. The van der Waals surface area contributed by atoms with Gasteiger partial charge in [0.1, 0.15) is 11.7 Å². The SMILES string of the molecule is CCOc1ccc(N2C(=O)C3ON(c4ccccc4C)C(c4ccc(N(C)C)cc4)C3C2=O)cc1. The molecule has 0 spiro atoms. The van der Waals surface area contributed by atoms with Crippen molar-refractivity contribution in [3.63, 3.8) is 0 Å². The molecule has 2 fully saturated rings. The topological polar surface area (TPSA) is 62.3 Å². The molecule has 2 aliphatic heterocycles. The van der Waals surface area contributed by atoms with Crippen LogP contribution >= 0.6 is 0 Å². The predicted molar refractivity (Wildman–Crippen MR) is 136 cm³/mol. The van der Waals surface area contributed by atoms with Crippen LogP contribution < -0.4 is 19.6 Å². The van der Waals surface area contributed by atoms with Crippen molar-refractivity contribution in [2.24, 2.45) is 5.92 Å². The van der Waals surface area contributed by atoms with Crippen LogP contribution in [0.25, 0.3) is 0 Å². The minimum Gasteiger partial charge on any atom is -0.494 e. The summed E-state index contributed by atoms with van der Waals surface area (Å²) in [7, 11) is 3.97. The average molecular weight is 472 g/mol. The molecule has 3 aromatic rings. The zero-order valence-electron chi connectivity index (χ0n) is 20.3. The van der Waals surface area contributed by atoms with Gasteiger partial charge in [-0.3, -0.25) is 14.4 Å². The number of fused-ring (bicyclic) bond motifs is 1. The highest BCUT2D eigenvalue weighted by molar-refractivity contribution is 6.24. The van der Waals surface area contributed by atoms with Crippen LogP contribution in [0.1, 0.15) is 24.1 Å². The number of aryl methyl sites for hydroxylation is 1. The largest absolute Gasteiger partial charge is 0.494 e. The van der Waals surface area contributed by atoms with E-state index in [0.29, 0.717) is 18.0 Å². The lowest BCUT2D eigenvalue weighted by Gasteiger charge is -2.30. The molecule has 7 nitrogen and oxygen atoms in total. The van der Waals surface area contributed by atoms with E-state index in [-0.39, 0.29) is 11.8 Å². The number of anilines is 3. The van der Waals surface area contributed by atoms with Gasteiger partial charge < -0.3 is 9.64 Å². The fourth-order valence-corrected chi connectivity index (χ4v) is 4.86. The van der Waals surface area contributed by atoms with Crippen molar-refractivity contribution < 1.29 is 19.2 Å². The van der Waals surface area contributed by atoms with E-state index in [2.05, 4.69) is 0 Å². The highest BCUT2D eigenvalue weighted by atomic mass is 16.7. The second-order valence-electron chi connectivity index (χ2n) is 9.03. The van der Waals surface area contributed by atoms with Gasteiger partial charge in [0, 0.05) is 19.8 Å². The molecular weight excluding hydrogens is 442 g/mol. The summed E-state index contributed by atoms with van der Waals surface area (Å²) in [5, 5.41) is 1.75. The number of hydrogen-bond acceptors (Lipinski definition) is 6. The number of hydroxylamine groups is 1. The van der Waals surface area contributed by atoms with Gasteiger partial charge in [0.05, 0.1) is 24.0 Å². The zero-order valence-corrected chi connectivity index (χ0v) is 20.3. The van der Waals surface area contributed by atoms with Crippen molar-refractivity contribution in [2.75, 3.05) is 35.6 Å². The maximum absolute atomic E-state index is 13.8. The fourth-order valence-electron chi connectivity index (χ4n) is 4.86. The van der Waals surface area contributed by atoms with Crippen molar-refractivity contribution in [2.45, 2.75) is 26.0 Å². The summed E-state index contributed by atoms with van der Waals surface area (Å²) in [4.78, 5) is 36.8. The third-order valence-corrected chi connectivity index (χ3v) is 6.63. The van der Waals surface area contributed by atoms with Crippen LogP contribution in [-0.4, -0.2) is 38.6 Å². The van der Waals surface area contributed by atoms with Crippen molar-refractivity contribution >= 4 is 28.9 Å². The Kier molecular flexibility index (Phi) is 5.94. The number of rotatable bonds is 6. The molecule has 3 aromatic carbocycles. The Morgan fingerprint density at radius 1 is 0.914 bits per heavy atom. The van der Waals surface area contributed by atoms with Crippen LogP contribution in [0.4, 0.5) is 17.1 Å². The Balaban J connectivity index is 1.54. The number of para-hydroxylation sites is 1. The molecule has 0 aliphatic carbocycles. The molecule has 5 rings (SSSR count). The molecule has 0 radical (unpaired) electrons. The zero-order chi connectivity index (χ0) is 24.7. The molecule has 2 aliphatic rings. The number of hydrogen-bond donors (Lipinski definition) is 0. The van der Waals surface area contributed by atoms with Crippen LogP contribution in [-0.2, 0) is 14.4 Å². The number of amides is 2. The van der Waals surface area contributed by atoms with Crippen molar-refractivity contribution in [1.82, 2.24) is 0 Å². The van der Waals surface area contributed by atoms with Gasteiger partial charge in [-0.1, -0.05) is 30.3 Å². The van der Waals surface area contributed by atoms with Gasteiger partial charge in [-0.05, 0) is 67.4 Å². The lowest BCUT2D eigenvalue weighted by Crippen LogP contribution is -2.37. The van der Waals surface area contributed by atoms with Crippen LogP contribution in [0.15, 0.2) is 72.8 Å². The first kappa shape index (κ1) is 22.9. The highest BCUT2D eigenvalue weighted by Gasteiger charge is 2.60. The molecule has 0 bridgehead atoms. The summed E-state index contributed by atoms with van der Waals surface area (Å²) in [6, 6.07) is 22.5. The minimum atomic E-state index is -0.896. The Morgan fingerprint density at radius 2 is 1.60 bits per heavy atom.